The number of nitro benzene ring substituents is 1. The Bertz CT molecular complexity index is 980. The summed E-state index contributed by atoms with van der Waals surface area (Å²) in [4.78, 5) is 17.9. The van der Waals surface area contributed by atoms with Crippen LogP contribution in [0.4, 0.5) is 5.69 Å². The number of rotatable bonds is 3. The van der Waals surface area contributed by atoms with Gasteiger partial charge in [0.25, 0.3) is 5.69 Å². The molecule has 0 aliphatic carbocycles. The maximum Gasteiger partial charge on any atom is 0.270 e. The summed E-state index contributed by atoms with van der Waals surface area (Å²) in [5.74, 6) is 0.444. The van der Waals surface area contributed by atoms with E-state index in [2.05, 4.69) is 16.0 Å². The minimum absolute atomic E-state index is 0.0173. The number of aryl methyl sites for hydroxylation is 1. The van der Waals surface area contributed by atoms with E-state index in [-0.39, 0.29) is 5.69 Å². The van der Waals surface area contributed by atoms with Gasteiger partial charge in [0.15, 0.2) is 0 Å². The second-order valence-corrected chi connectivity index (χ2v) is 5.13. The molecule has 1 aromatic heterocycles. The fraction of sp³-hybridized carbons (Fsp3) is 0.0588. The molecule has 6 heteroatoms. The molecular weight excluding hydrogens is 292 g/mol. The number of nitrogens with one attached hydrogen (secondary N) is 1. The highest BCUT2D eigenvalue weighted by atomic mass is 16.6. The maximum absolute atomic E-state index is 10.8. The highest BCUT2D eigenvalue weighted by Gasteiger charge is 2.10. The molecule has 0 aliphatic heterocycles. The molecule has 2 aromatic carbocycles. The van der Waals surface area contributed by atoms with Gasteiger partial charge < -0.3 is 4.98 Å². The van der Waals surface area contributed by atoms with Gasteiger partial charge >= 0.3 is 0 Å². The number of fused-ring (bicyclic) bond motifs is 1. The van der Waals surface area contributed by atoms with Crippen LogP contribution in [0.2, 0.25) is 0 Å². The number of aromatic amines is 1. The zero-order valence-electron chi connectivity index (χ0n) is 12.3. The van der Waals surface area contributed by atoms with Crippen LogP contribution in [-0.4, -0.2) is 14.9 Å². The summed E-state index contributed by atoms with van der Waals surface area (Å²) >= 11 is 0. The molecular formula is C17H12N4O2. The molecule has 0 aliphatic rings. The summed E-state index contributed by atoms with van der Waals surface area (Å²) in [6.07, 6.45) is 1.58. The summed E-state index contributed by atoms with van der Waals surface area (Å²) in [5, 5.41) is 20.2. The molecule has 0 radical (unpaired) electrons. The first-order valence-corrected chi connectivity index (χ1v) is 6.90. The molecule has 23 heavy (non-hydrogen) atoms. The summed E-state index contributed by atoms with van der Waals surface area (Å²) in [6, 6.07) is 14.0. The van der Waals surface area contributed by atoms with Crippen molar-refractivity contribution in [2.75, 3.05) is 0 Å². The number of nitriles is 1. The van der Waals surface area contributed by atoms with E-state index < -0.39 is 4.92 Å². The van der Waals surface area contributed by atoms with Gasteiger partial charge in [-0.3, -0.25) is 10.1 Å². The zero-order valence-corrected chi connectivity index (χ0v) is 12.3. The van der Waals surface area contributed by atoms with Gasteiger partial charge in [-0.05, 0) is 36.3 Å². The van der Waals surface area contributed by atoms with E-state index in [4.69, 9.17) is 0 Å². The minimum atomic E-state index is -0.465. The second-order valence-electron chi connectivity index (χ2n) is 5.13. The monoisotopic (exact) mass is 304 g/mol. The number of hydrogen-bond acceptors (Lipinski definition) is 4. The van der Waals surface area contributed by atoms with E-state index in [0.29, 0.717) is 17.0 Å². The maximum atomic E-state index is 10.8. The van der Waals surface area contributed by atoms with Crippen molar-refractivity contribution < 1.29 is 4.92 Å². The quantitative estimate of drug-likeness (QED) is 0.451. The molecule has 0 atom stereocenters. The molecule has 1 N–H and O–H groups in total. The van der Waals surface area contributed by atoms with Crippen molar-refractivity contribution in [2.45, 2.75) is 6.92 Å². The van der Waals surface area contributed by atoms with E-state index >= 15 is 0 Å². The van der Waals surface area contributed by atoms with E-state index in [1.54, 1.807) is 18.2 Å². The number of imidazole rings is 1. The van der Waals surface area contributed by atoms with E-state index in [0.717, 1.165) is 16.6 Å². The molecule has 3 rings (SSSR count). The third-order valence-electron chi connectivity index (χ3n) is 3.40. The van der Waals surface area contributed by atoms with Crippen LogP contribution in [-0.2, 0) is 0 Å². The molecule has 6 nitrogen and oxygen atoms in total. The molecule has 0 amide bonds. The van der Waals surface area contributed by atoms with Crippen molar-refractivity contribution in [3.8, 4) is 6.07 Å². The van der Waals surface area contributed by atoms with E-state index in [1.807, 2.05) is 25.1 Å². The molecule has 0 bridgehead atoms. The Hall–Kier alpha value is -3.46. The normalized spacial score (nSPS) is 11.4. The van der Waals surface area contributed by atoms with Crippen LogP contribution < -0.4 is 0 Å². The Balaban J connectivity index is 2.05. The van der Waals surface area contributed by atoms with Crippen molar-refractivity contribution >= 4 is 28.4 Å². The van der Waals surface area contributed by atoms with Crippen molar-refractivity contribution in [1.82, 2.24) is 9.97 Å². The lowest BCUT2D eigenvalue weighted by molar-refractivity contribution is -0.384. The van der Waals surface area contributed by atoms with Crippen LogP contribution in [0.15, 0.2) is 42.5 Å². The molecule has 1 heterocycles. The van der Waals surface area contributed by atoms with Crippen LogP contribution >= 0.6 is 0 Å². The van der Waals surface area contributed by atoms with Gasteiger partial charge in [0, 0.05) is 12.1 Å². The van der Waals surface area contributed by atoms with Crippen LogP contribution in [0, 0.1) is 28.4 Å². The number of non-ortho nitro benzene ring substituents is 1. The van der Waals surface area contributed by atoms with Gasteiger partial charge in [-0.15, -0.1) is 0 Å². The smallest absolute Gasteiger partial charge is 0.270 e. The van der Waals surface area contributed by atoms with Gasteiger partial charge in [-0.2, -0.15) is 5.26 Å². The van der Waals surface area contributed by atoms with Gasteiger partial charge in [0.1, 0.15) is 11.9 Å². The van der Waals surface area contributed by atoms with Gasteiger partial charge in [0.2, 0.25) is 0 Å². The highest BCUT2D eigenvalue weighted by Crippen LogP contribution is 2.21. The van der Waals surface area contributed by atoms with Crippen molar-refractivity contribution in [2.24, 2.45) is 0 Å². The van der Waals surface area contributed by atoms with Crippen molar-refractivity contribution in [3.63, 3.8) is 0 Å². The predicted molar refractivity (Wildman–Crippen MR) is 87.4 cm³/mol. The minimum Gasteiger partial charge on any atom is -0.337 e. The number of benzene rings is 2. The molecule has 3 aromatic rings. The number of aromatic nitrogens is 2. The molecule has 112 valence electrons. The van der Waals surface area contributed by atoms with Crippen LogP contribution in [0.3, 0.4) is 0 Å². The lowest BCUT2D eigenvalue weighted by atomic mass is 10.1. The predicted octanol–water partition coefficient (Wildman–Crippen LogP) is 3.84. The average Bonchev–Trinajstić information content (AvgIpc) is 2.95. The Kier molecular flexibility index (Phi) is 3.61. The third-order valence-corrected chi connectivity index (χ3v) is 3.40. The number of hydrogen-bond donors (Lipinski definition) is 1. The van der Waals surface area contributed by atoms with Crippen LogP contribution in [0.5, 0.6) is 0 Å². The Labute approximate surface area is 131 Å². The third kappa shape index (κ3) is 2.94. The Morgan fingerprint density at radius 2 is 2.17 bits per heavy atom. The lowest BCUT2D eigenvalue weighted by Crippen LogP contribution is -1.89. The molecule has 0 saturated heterocycles. The molecule has 0 unspecified atom stereocenters. The first-order chi connectivity index (χ1) is 11.1. The Morgan fingerprint density at radius 3 is 2.91 bits per heavy atom. The SMILES string of the molecule is Cc1ccc2nc(C(C#N)=Cc3cccc([N+](=O)[O-])c3)[nH]c2c1. The van der Waals surface area contributed by atoms with Crippen LogP contribution in [0.1, 0.15) is 17.0 Å². The summed E-state index contributed by atoms with van der Waals surface area (Å²) in [5.41, 5.74) is 3.59. The lowest BCUT2D eigenvalue weighted by Gasteiger charge is -1.96. The van der Waals surface area contributed by atoms with Gasteiger partial charge in [0.05, 0.1) is 21.5 Å². The topological polar surface area (TPSA) is 95.6 Å². The number of allylic oxidation sites excluding steroid dienone is 1. The summed E-state index contributed by atoms with van der Waals surface area (Å²) < 4.78 is 0. The van der Waals surface area contributed by atoms with E-state index in [1.165, 1.54) is 12.1 Å². The summed E-state index contributed by atoms with van der Waals surface area (Å²) in [7, 11) is 0. The number of H-pyrrole nitrogens is 1. The zero-order chi connectivity index (χ0) is 16.4. The fourth-order valence-corrected chi connectivity index (χ4v) is 2.30. The van der Waals surface area contributed by atoms with Crippen LogP contribution in [0.25, 0.3) is 22.7 Å². The molecule has 0 saturated carbocycles. The van der Waals surface area contributed by atoms with E-state index in [9.17, 15) is 15.4 Å². The number of nitro groups is 1. The number of nitrogens with zero attached hydrogens (tertiary/aromatic N) is 3. The molecule has 0 fully saturated rings. The van der Waals surface area contributed by atoms with Gasteiger partial charge in [-0.25, -0.2) is 4.98 Å². The summed E-state index contributed by atoms with van der Waals surface area (Å²) in [6.45, 7) is 1.98. The Morgan fingerprint density at radius 1 is 1.35 bits per heavy atom. The van der Waals surface area contributed by atoms with Crippen molar-refractivity contribution in [1.29, 1.82) is 5.26 Å². The van der Waals surface area contributed by atoms with Gasteiger partial charge in [-0.1, -0.05) is 18.2 Å². The van der Waals surface area contributed by atoms with Crippen molar-refractivity contribution in [3.05, 3.63) is 69.5 Å². The average molecular weight is 304 g/mol. The largest absolute Gasteiger partial charge is 0.337 e. The fourth-order valence-electron chi connectivity index (χ4n) is 2.30. The first kappa shape index (κ1) is 14.5. The molecule has 0 spiro atoms. The standard InChI is InChI=1S/C17H12N4O2/c1-11-5-6-15-16(7-11)20-17(19-15)13(10-18)8-12-3-2-4-14(9-12)21(22)23/h2-9H,1H3,(H,19,20). The second kappa shape index (κ2) is 5.73. The first-order valence-electron chi connectivity index (χ1n) is 6.90. The highest BCUT2D eigenvalue weighted by molar-refractivity contribution is 5.90.